The van der Waals surface area contributed by atoms with Gasteiger partial charge in [0.25, 0.3) is 0 Å². The highest BCUT2D eigenvalue weighted by Gasteiger charge is 2.23. The zero-order valence-electron chi connectivity index (χ0n) is 13.7. The Morgan fingerprint density at radius 2 is 2.17 bits per heavy atom. The predicted molar refractivity (Wildman–Crippen MR) is 92.7 cm³/mol. The maximum absolute atomic E-state index is 9.03. The lowest BCUT2D eigenvalue weighted by Crippen LogP contribution is -2.34. The maximum Gasteiger partial charge on any atom is 0.121 e. The molecule has 126 valence electrons. The van der Waals surface area contributed by atoms with Crippen LogP contribution in [0.2, 0.25) is 0 Å². The second-order valence-corrected chi connectivity index (χ2v) is 6.50. The van der Waals surface area contributed by atoms with Crippen molar-refractivity contribution in [3.8, 4) is 0 Å². The van der Waals surface area contributed by atoms with Gasteiger partial charge < -0.3 is 10.1 Å². The van der Waals surface area contributed by atoms with Gasteiger partial charge in [0.05, 0.1) is 36.4 Å². The van der Waals surface area contributed by atoms with Crippen molar-refractivity contribution in [2.45, 2.75) is 31.8 Å². The third kappa shape index (κ3) is 3.20. The molecule has 1 aliphatic heterocycles. The van der Waals surface area contributed by atoms with Crippen LogP contribution < -0.4 is 0 Å². The van der Waals surface area contributed by atoms with Crippen molar-refractivity contribution in [1.82, 2.24) is 24.6 Å². The van der Waals surface area contributed by atoms with Gasteiger partial charge in [0.1, 0.15) is 5.82 Å². The molecule has 0 radical (unpaired) electrons. The SMILES string of the molecule is OCCn1ccc(C2CCCN(Cc3nc4ccccc4[nH]3)C2)n1. The summed E-state index contributed by atoms with van der Waals surface area (Å²) in [7, 11) is 0. The first-order valence-corrected chi connectivity index (χ1v) is 8.62. The summed E-state index contributed by atoms with van der Waals surface area (Å²) in [6, 6.07) is 10.3. The molecule has 0 saturated carbocycles. The molecule has 24 heavy (non-hydrogen) atoms. The van der Waals surface area contributed by atoms with Gasteiger partial charge in [0.2, 0.25) is 0 Å². The first-order chi connectivity index (χ1) is 11.8. The third-order valence-electron chi connectivity index (χ3n) is 4.73. The van der Waals surface area contributed by atoms with Gasteiger partial charge in [-0.3, -0.25) is 9.58 Å². The Morgan fingerprint density at radius 1 is 1.25 bits per heavy atom. The van der Waals surface area contributed by atoms with E-state index < -0.39 is 0 Å². The van der Waals surface area contributed by atoms with Crippen LogP contribution in [0.4, 0.5) is 0 Å². The molecule has 0 bridgehead atoms. The number of H-pyrrole nitrogens is 1. The molecule has 1 aromatic carbocycles. The lowest BCUT2D eigenvalue weighted by Gasteiger charge is -2.31. The van der Waals surface area contributed by atoms with Crippen LogP contribution in [-0.4, -0.2) is 49.5 Å². The number of aromatic amines is 1. The molecule has 2 N–H and O–H groups in total. The summed E-state index contributed by atoms with van der Waals surface area (Å²) >= 11 is 0. The summed E-state index contributed by atoms with van der Waals surface area (Å²) in [6.07, 6.45) is 4.31. The van der Waals surface area contributed by atoms with Crippen LogP contribution in [0.1, 0.15) is 30.3 Å². The Balaban J connectivity index is 1.44. The van der Waals surface area contributed by atoms with Gasteiger partial charge in [-0.1, -0.05) is 12.1 Å². The van der Waals surface area contributed by atoms with Crippen molar-refractivity contribution in [2.24, 2.45) is 0 Å². The Labute approximate surface area is 141 Å². The fraction of sp³-hybridized carbons (Fsp3) is 0.444. The van der Waals surface area contributed by atoms with Gasteiger partial charge in [-0.05, 0) is 37.6 Å². The first-order valence-electron chi connectivity index (χ1n) is 8.62. The number of fused-ring (bicyclic) bond motifs is 1. The summed E-state index contributed by atoms with van der Waals surface area (Å²) in [5.41, 5.74) is 3.27. The summed E-state index contributed by atoms with van der Waals surface area (Å²) in [5, 5.41) is 13.6. The van der Waals surface area contributed by atoms with E-state index in [-0.39, 0.29) is 6.61 Å². The second kappa shape index (κ2) is 6.75. The minimum Gasteiger partial charge on any atom is -0.394 e. The zero-order chi connectivity index (χ0) is 16.4. The summed E-state index contributed by atoms with van der Waals surface area (Å²) in [6.45, 7) is 3.65. The van der Waals surface area contributed by atoms with Gasteiger partial charge in [-0.15, -0.1) is 0 Å². The van der Waals surface area contributed by atoms with Crippen LogP contribution in [0.3, 0.4) is 0 Å². The number of para-hydroxylation sites is 2. The smallest absolute Gasteiger partial charge is 0.121 e. The molecule has 1 aliphatic rings. The van der Waals surface area contributed by atoms with E-state index >= 15 is 0 Å². The van der Waals surface area contributed by atoms with Gasteiger partial charge in [0.15, 0.2) is 0 Å². The molecule has 4 rings (SSSR count). The zero-order valence-corrected chi connectivity index (χ0v) is 13.7. The van der Waals surface area contributed by atoms with Gasteiger partial charge in [-0.2, -0.15) is 5.10 Å². The quantitative estimate of drug-likeness (QED) is 0.754. The highest BCUT2D eigenvalue weighted by molar-refractivity contribution is 5.74. The van der Waals surface area contributed by atoms with E-state index in [0.29, 0.717) is 12.5 Å². The van der Waals surface area contributed by atoms with Gasteiger partial charge in [-0.25, -0.2) is 4.98 Å². The maximum atomic E-state index is 9.03. The van der Waals surface area contributed by atoms with Crippen LogP contribution in [0.25, 0.3) is 11.0 Å². The molecule has 1 atom stereocenters. The number of hydrogen-bond donors (Lipinski definition) is 2. The fourth-order valence-corrected chi connectivity index (χ4v) is 3.55. The number of nitrogens with one attached hydrogen (secondary N) is 1. The Kier molecular flexibility index (Phi) is 4.32. The number of imidazole rings is 1. The molecular weight excluding hydrogens is 302 g/mol. The van der Waals surface area contributed by atoms with Crippen LogP contribution in [0, 0.1) is 0 Å². The molecule has 2 aromatic heterocycles. The van der Waals surface area contributed by atoms with Crippen LogP contribution in [0.5, 0.6) is 0 Å². The average Bonchev–Trinajstić information content (AvgIpc) is 3.21. The number of piperidine rings is 1. The summed E-state index contributed by atoms with van der Waals surface area (Å²) in [5.74, 6) is 1.49. The van der Waals surface area contributed by atoms with E-state index in [1.807, 2.05) is 29.1 Å². The number of aliphatic hydroxyl groups excluding tert-OH is 1. The van der Waals surface area contributed by atoms with E-state index in [2.05, 4.69) is 32.1 Å². The highest BCUT2D eigenvalue weighted by atomic mass is 16.3. The number of likely N-dealkylation sites (tertiary alicyclic amines) is 1. The molecule has 1 saturated heterocycles. The molecule has 3 aromatic rings. The van der Waals surface area contributed by atoms with Crippen molar-refractivity contribution in [2.75, 3.05) is 19.7 Å². The average molecular weight is 325 g/mol. The summed E-state index contributed by atoms with van der Waals surface area (Å²) < 4.78 is 1.83. The number of aromatic nitrogens is 4. The second-order valence-electron chi connectivity index (χ2n) is 6.50. The Morgan fingerprint density at radius 3 is 3.04 bits per heavy atom. The molecule has 3 heterocycles. The fourth-order valence-electron chi connectivity index (χ4n) is 3.55. The standard InChI is InChI=1S/C18H23N5O/c24-11-10-23-9-7-15(21-23)14-4-3-8-22(12-14)13-18-19-16-5-1-2-6-17(16)20-18/h1-2,5-7,9,14,24H,3-4,8,10-13H2,(H,19,20). The Hall–Kier alpha value is -2.18. The van der Waals surface area contributed by atoms with Crippen molar-refractivity contribution in [1.29, 1.82) is 0 Å². The Bertz CT molecular complexity index is 775. The number of rotatable bonds is 5. The molecule has 6 heteroatoms. The van der Waals surface area contributed by atoms with Crippen molar-refractivity contribution >= 4 is 11.0 Å². The minimum absolute atomic E-state index is 0.129. The molecule has 1 unspecified atom stereocenters. The van der Waals surface area contributed by atoms with Crippen molar-refractivity contribution < 1.29 is 5.11 Å². The lowest BCUT2D eigenvalue weighted by molar-refractivity contribution is 0.194. The first kappa shape index (κ1) is 15.4. The van der Waals surface area contributed by atoms with Gasteiger partial charge >= 0.3 is 0 Å². The molecule has 0 amide bonds. The monoisotopic (exact) mass is 325 g/mol. The van der Waals surface area contributed by atoms with E-state index in [0.717, 1.165) is 42.2 Å². The topological polar surface area (TPSA) is 70.0 Å². The predicted octanol–water partition coefficient (Wildman–Crippen LogP) is 2.13. The number of nitrogens with zero attached hydrogens (tertiary/aromatic N) is 4. The van der Waals surface area contributed by atoms with Gasteiger partial charge in [0, 0.05) is 18.7 Å². The normalized spacial score (nSPS) is 19.1. The van der Waals surface area contributed by atoms with Crippen molar-refractivity contribution in [3.05, 3.63) is 48.0 Å². The minimum atomic E-state index is 0.129. The molecule has 0 aliphatic carbocycles. The largest absolute Gasteiger partial charge is 0.394 e. The van der Waals surface area contributed by atoms with Crippen LogP contribution in [0.15, 0.2) is 36.5 Å². The molecule has 0 spiro atoms. The highest BCUT2D eigenvalue weighted by Crippen LogP contribution is 2.26. The lowest BCUT2D eigenvalue weighted by atomic mass is 9.95. The summed E-state index contributed by atoms with van der Waals surface area (Å²) in [4.78, 5) is 10.6. The molecule has 1 fully saturated rings. The number of aliphatic hydroxyl groups is 1. The number of hydrogen-bond acceptors (Lipinski definition) is 4. The molecule has 6 nitrogen and oxygen atoms in total. The van der Waals surface area contributed by atoms with Crippen LogP contribution >= 0.6 is 0 Å². The van der Waals surface area contributed by atoms with Crippen LogP contribution in [-0.2, 0) is 13.1 Å². The molecular formula is C18H23N5O. The number of benzene rings is 1. The van der Waals surface area contributed by atoms with E-state index in [1.165, 1.54) is 12.8 Å². The van der Waals surface area contributed by atoms with Crippen molar-refractivity contribution in [3.63, 3.8) is 0 Å². The van der Waals surface area contributed by atoms with E-state index in [1.54, 1.807) is 0 Å². The van der Waals surface area contributed by atoms with E-state index in [4.69, 9.17) is 5.11 Å². The van der Waals surface area contributed by atoms with E-state index in [9.17, 15) is 0 Å². The third-order valence-corrected chi connectivity index (χ3v) is 4.73.